The van der Waals surface area contributed by atoms with Crippen LogP contribution < -0.4 is 10.5 Å². The molecule has 0 aliphatic heterocycles. The molecule has 2 saturated carbocycles. The maximum absolute atomic E-state index is 12.2. The fourth-order valence-electron chi connectivity index (χ4n) is 3.60. The second kappa shape index (κ2) is 5.20. The number of hydrogen-bond acceptors (Lipinski definition) is 3. The highest BCUT2D eigenvalue weighted by atomic mass is 35.5. The average Bonchev–Trinajstić information content (AvgIpc) is 3.02. The number of nitrogen functional groups attached to an aromatic ring is 1. The van der Waals surface area contributed by atoms with Gasteiger partial charge in [-0.25, -0.2) is 13.1 Å². The van der Waals surface area contributed by atoms with Crippen molar-refractivity contribution in [3.8, 4) is 0 Å². The van der Waals surface area contributed by atoms with Gasteiger partial charge in [-0.05, 0) is 55.2 Å². The van der Waals surface area contributed by atoms with Crippen molar-refractivity contribution in [2.45, 2.75) is 30.6 Å². The second-order valence-corrected chi connectivity index (χ2v) is 8.14. The molecule has 0 amide bonds. The molecule has 1 aromatic carbocycles. The molecular formula is C14H19ClN2O2S. The zero-order valence-electron chi connectivity index (χ0n) is 11.2. The lowest BCUT2D eigenvalue weighted by molar-refractivity contribution is 0.333. The molecular weight excluding hydrogens is 296 g/mol. The molecule has 0 heterocycles. The highest BCUT2D eigenvalue weighted by Gasteiger charge is 2.39. The lowest BCUT2D eigenvalue weighted by Gasteiger charge is -2.21. The third kappa shape index (κ3) is 2.67. The van der Waals surface area contributed by atoms with Crippen LogP contribution in [-0.2, 0) is 10.0 Å². The largest absolute Gasteiger partial charge is 0.398 e. The van der Waals surface area contributed by atoms with E-state index in [-0.39, 0.29) is 9.92 Å². The zero-order valence-corrected chi connectivity index (χ0v) is 12.8. The van der Waals surface area contributed by atoms with E-state index in [0.717, 1.165) is 12.3 Å². The number of anilines is 1. The average molecular weight is 315 g/mol. The van der Waals surface area contributed by atoms with Gasteiger partial charge in [0.1, 0.15) is 0 Å². The third-order valence-electron chi connectivity index (χ3n) is 4.70. The first kappa shape index (κ1) is 14.2. The Morgan fingerprint density at radius 3 is 2.70 bits per heavy atom. The number of nitrogens with two attached hydrogens (primary N) is 1. The minimum absolute atomic E-state index is 0.180. The number of sulfonamides is 1. The summed E-state index contributed by atoms with van der Waals surface area (Å²) in [4.78, 5) is 0.180. The molecule has 2 bridgehead atoms. The first-order valence-electron chi connectivity index (χ1n) is 7.00. The van der Waals surface area contributed by atoms with Crippen LogP contribution >= 0.6 is 11.6 Å². The number of halogens is 1. The van der Waals surface area contributed by atoms with Crippen molar-refractivity contribution < 1.29 is 8.42 Å². The molecule has 110 valence electrons. The topological polar surface area (TPSA) is 72.2 Å². The molecule has 0 aromatic heterocycles. The van der Waals surface area contributed by atoms with E-state index in [1.165, 1.54) is 37.5 Å². The van der Waals surface area contributed by atoms with Crippen LogP contribution in [-0.4, -0.2) is 15.0 Å². The van der Waals surface area contributed by atoms with Gasteiger partial charge in [0.25, 0.3) is 0 Å². The van der Waals surface area contributed by atoms with Gasteiger partial charge in [0.05, 0.1) is 15.6 Å². The Labute approximate surface area is 124 Å². The van der Waals surface area contributed by atoms with E-state index in [0.29, 0.717) is 24.1 Å². The molecule has 2 aliphatic carbocycles. The minimum atomic E-state index is -3.49. The fourth-order valence-corrected chi connectivity index (χ4v) is 4.97. The molecule has 0 radical (unpaired) electrons. The predicted octanol–water partition coefficient (Wildman–Crippen LogP) is 2.64. The van der Waals surface area contributed by atoms with Crippen molar-refractivity contribution in [3.63, 3.8) is 0 Å². The van der Waals surface area contributed by atoms with Gasteiger partial charge in [-0.3, -0.25) is 0 Å². The van der Waals surface area contributed by atoms with Crippen LogP contribution in [0.15, 0.2) is 23.1 Å². The molecule has 3 rings (SSSR count). The number of hydrogen-bond donors (Lipinski definition) is 2. The first-order valence-corrected chi connectivity index (χ1v) is 8.86. The fraction of sp³-hybridized carbons (Fsp3) is 0.571. The van der Waals surface area contributed by atoms with Crippen LogP contribution in [0.3, 0.4) is 0 Å². The van der Waals surface area contributed by atoms with Gasteiger partial charge in [-0.1, -0.05) is 18.0 Å². The predicted molar refractivity (Wildman–Crippen MR) is 80.0 cm³/mol. The second-order valence-electron chi connectivity index (χ2n) is 5.97. The van der Waals surface area contributed by atoms with Crippen molar-refractivity contribution in [3.05, 3.63) is 23.2 Å². The summed E-state index contributed by atoms with van der Waals surface area (Å²) in [5.74, 6) is 2.02. The maximum Gasteiger partial charge on any atom is 0.240 e. The molecule has 3 atom stereocenters. The van der Waals surface area contributed by atoms with E-state index in [2.05, 4.69) is 4.72 Å². The summed E-state index contributed by atoms with van der Waals surface area (Å²) < 4.78 is 27.2. The van der Waals surface area contributed by atoms with E-state index in [1.807, 2.05) is 0 Å². The molecule has 3 N–H and O–H groups in total. The molecule has 0 saturated heterocycles. The summed E-state index contributed by atoms with van der Waals surface area (Å²) in [5.41, 5.74) is 5.99. The highest BCUT2D eigenvalue weighted by molar-refractivity contribution is 7.89. The van der Waals surface area contributed by atoms with Crippen molar-refractivity contribution in [1.82, 2.24) is 4.72 Å². The molecule has 20 heavy (non-hydrogen) atoms. The summed E-state index contributed by atoms with van der Waals surface area (Å²) >= 11 is 5.88. The van der Waals surface area contributed by atoms with Crippen molar-refractivity contribution in [2.75, 3.05) is 12.3 Å². The summed E-state index contributed by atoms with van der Waals surface area (Å²) in [6, 6.07) is 4.42. The Kier molecular flexibility index (Phi) is 3.69. The Hall–Kier alpha value is -0.780. The Bertz CT molecular complexity index is 618. The van der Waals surface area contributed by atoms with Crippen molar-refractivity contribution in [2.24, 2.45) is 17.8 Å². The van der Waals surface area contributed by atoms with Gasteiger partial charge < -0.3 is 5.73 Å². The Morgan fingerprint density at radius 1 is 1.30 bits per heavy atom. The molecule has 2 aliphatic rings. The van der Waals surface area contributed by atoms with Crippen LogP contribution in [0.25, 0.3) is 0 Å². The monoisotopic (exact) mass is 314 g/mol. The summed E-state index contributed by atoms with van der Waals surface area (Å²) in [6.07, 6.45) is 5.02. The van der Waals surface area contributed by atoms with Gasteiger partial charge in [0.2, 0.25) is 10.0 Å². The Morgan fingerprint density at radius 2 is 2.10 bits per heavy atom. The van der Waals surface area contributed by atoms with E-state index in [1.54, 1.807) is 0 Å². The maximum atomic E-state index is 12.2. The van der Waals surface area contributed by atoms with E-state index < -0.39 is 10.0 Å². The molecule has 3 unspecified atom stereocenters. The van der Waals surface area contributed by atoms with E-state index >= 15 is 0 Å². The standard InChI is InChI=1S/C14H19ClN2O2S/c15-13-7-12(3-4-14(13)16)20(18,19)17-8-11-6-9-1-2-10(11)5-9/h3-4,7,9-11,17H,1-2,5-6,8,16H2. The molecule has 1 aromatic rings. The summed E-state index contributed by atoms with van der Waals surface area (Å²) in [6.45, 7) is 0.533. The van der Waals surface area contributed by atoms with Gasteiger partial charge in [-0.2, -0.15) is 0 Å². The minimum Gasteiger partial charge on any atom is -0.398 e. The van der Waals surface area contributed by atoms with Crippen LogP contribution in [0.2, 0.25) is 5.02 Å². The number of nitrogens with one attached hydrogen (secondary N) is 1. The SMILES string of the molecule is Nc1ccc(S(=O)(=O)NCC2CC3CCC2C3)cc1Cl. The first-order chi connectivity index (χ1) is 9.45. The normalized spacial score (nSPS) is 28.9. The Balaban J connectivity index is 1.68. The van der Waals surface area contributed by atoms with Gasteiger partial charge in [-0.15, -0.1) is 0 Å². The number of benzene rings is 1. The molecule has 6 heteroatoms. The summed E-state index contributed by atoms with van der Waals surface area (Å²) in [5, 5.41) is 0.271. The van der Waals surface area contributed by atoms with Gasteiger partial charge >= 0.3 is 0 Å². The van der Waals surface area contributed by atoms with Gasteiger partial charge in [0, 0.05) is 6.54 Å². The lowest BCUT2D eigenvalue weighted by Crippen LogP contribution is -2.31. The quantitative estimate of drug-likeness (QED) is 0.839. The zero-order chi connectivity index (χ0) is 14.3. The van der Waals surface area contributed by atoms with Crippen LogP contribution in [0, 0.1) is 17.8 Å². The van der Waals surface area contributed by atoms with E-state index in [4.69, 9.17) is 17.3 Å². The van der Waals surface area contributed by atoms with Crippen molar-refractivity contribution in [1.29, 1.82) is 0 Å². The van der Waals surface area contributed by atoms with Crippen molar-refractivity contribution >= 4 is 27.3 Å². The highest BCUT2D eigenvalue weighted by Crippen LogP contribution is 2.48. The molecule has 0 spiro atoms. The third-order valence-corrected chi connectivity index (χ3v) is 6.45. The smallest absolute Gasteiger partial charge is 0.240 e. The van der Waals surface area contributed by atoms with E-state index in [9.17, 15) is 8.42 Å². The molecule has 2 fully saturated rings. The van der Waals surface area contributed by atoms with Crippen LogP contribution in [0.4, 0.5) is 5.69 Å². The van der Waals surface area contributed by atoms with Gasteiger partial charge in [0.15, 0.2) is 0 Å². The lowest BCUT2D eigenvalue weighted by atomic mass is 9.89. The molecule has 4 nitrogen and oxygen atoms in total. The number of fused-ring (bicyclic) bond motifs is 2. The van der Waals surface area contributed by atoms with Crippen LogP contribution in [0.1, 0.15) is 25.7 Å². The van der Waals surface area contributed by atoms with Crippen LogP contribution in [0.5, 0.6) is 0 Å². The number of rotatable bonds is 4. The summed E-state index contributed by atoms with van der Waals surface area (Å²) in [7, 11) is -3.49.